The summed E-state index contributed by atoms with van der Waals surface area (Å²) in [5, 5.41) is 5.96. The Kier molecular flexibility index (Phi) is 3.59. The highest BCUT2D eigenvalue weighted by atomic mass is 15.0. The summed E-state index contributed by atoms with van der Waals surface area (Å²) in [6.07, 6.45) is 4.29. The van der Waals surface area contributed by atoms with Crippen LogP contribution in [-0.4, -0.2) is 16.5 Å². The largest absolute Gasteiger partial charge is 0.370 e. The lowest BCUT2D eigenvalue weighted by Crippen LogP contribution is -2.07. The van der Waals surface area contributed by atoms with Crippen LogP contribution in [0.5, 0.6) is 0 Å². The van der Waals surface area contributed by atoms with Crippen molar-refractivity contribution in [3.8, 4) is 0 Å². The summed E-state index contributed by atoms with van der Waals surface area (Å²) in [5.74, 6) is 0.874. The highest BCUT2D eigenvalue weighted by Gasteiger charge is 2.03. The molecular weight excluding hydrogens is 246 g/mol. The van der Waals surface area contributed by atoms with Crippen molar-refractivity contribution in [3.05, 3.63) is 66.1 Å². The van der Waals surface area contributed by atoms with Gasteiger partial charge < -0.3 is 5.32 Å². The van der Waals surface area contributed by atoms with Gasteiger partial charge in [-0.2, -0.15) is 0 Å². The lowest BCUT2D eigenvalue weighted by atomic mass is 9.98. The number of aryl methyl sites for hydroxylation is 1. The molecule has 3 aromatic rings. The molecule has 0 aliphatic rings. The number of aromatic nitrogens is 2. The Labute approximate surface area is 118 Å². The van der Waals surface area contributed by atoms with Crippen molar-refractivity contribution in [2.45, 2.75) is 13.3 Å². The lowest BCUT2D eigenvalue weighted by molar-refractivity contribution is 0.991. The molecule has 0 fully saturated rings. The van der Waals surface area contributed by atoms with Crippen LogP contribution in [0.25, 0.3) is 10.8 Å². The molecule has 0 aliphatic carbocycles. The van der Waals surface area contributed by atoms with E-state index in [2.05, 4.69) is 58.6 Å². The van der Waals surface area contributed by atoms with E-state index in [0.29, 0.717) is 0 Å². The van der Waals surface area contributed by atoms with Gasteiger partial charge in [0, 0.05) is 12.7 Å². The molecule has 0 bridgehead atoms. The van der Waals surface area contributed by atoms with Gasteiger partial charge in [0.25, 0.3) is 0 Å². The zero-order valence-corrected chi connectivity index (χ0v) is 11.5. The average molecular weight is 263 g/mol. The predicted octanol–water partition coefficient (Wildman–Crippen LogP) is 3.59. The molecule has 1 N–H and O–H groups in total. The molecule has 0 saturated heterocycles. The summed E-state index contributed by atoms with van der Waals surface area (Å²) in [6.45, 7) is 3.07. The smallest absolute Gasteiger partial charge is 0.129 e. The van der Waals surface area contributed by atoms with Crippen LogP contribution in [0.2, 0.25) is 0 Å². The quantitative estimate of drug-likeness (QED) is 0.781. The van der Waals surface area contributed by atoms with E-state index in [1.807, 2.05) is 6.07 Å². The molecule has 20 heavy (non-hydrogen) atoms. The maximum absolute atomic E-state index is 4.16. The molecule has 2 aromatic carbocycles. The third-order valence-electron chi connectivity index (χ3n) is 3.59. The minimum absolute atomic E-state index is 0.871. The minimum Gasteiger partial charge on any atom is -0.370 e. The van der Waals surface area contributed by atoms with E-state index in [4.69, 9.17) is 0 Å². The van der Waals surface area contributed by atoms with Crippen molar-refractivity contribution >= 4 is 16.6 Å². The van der Waals surface area contributed by atoms with Gasteiger partial charge in [0.2, 0.25) is 0 Å². The molecule has 0 spiro atoms. The molecule has 0 atom stereocenters. The molecule has 0 amide bonds. The van der Waals surface area contributed by atoms with Gasteiger partial charge in [-0.05, 0) is 41.3 Å². The second kappa shape index (κ2) is 5.70. The first-order valence-corrected chi connectivity index (χ1v) is 6.82. The lowest BCUT2D eigenvalue weighted by Gasteiger charge is -2.10. The van der Waals surface area contributed by atoms with Gasteiger partial charge in [-0.1, -0.05) is 36.4 Å². The third kappa shape index (κ3) is 2.62. The molecule has 3 rings (SSSR count). The van der Waals surface area contributed by atoms with Crippen LogP contribution in [0.4, 0.5) is 5.82 Å². The summed E-state index contributed by atoms with van der Waals surface area (Å²) in [6, 6.07) is 14.8. The van der Waals surface area contributed by atoms with Crippen LogP contribution in [0.1, 0.15) is 11.1 Å². The number of hydrogen-bond acceptors (Lipinski definition) is 3. The zero-order valence-electron chi connectivity index (χ0n) is 11.5. The topological polar surface area (TPSA) is 37.8 Å². The number of hydrogen-bond donors (Lipinski definition) is 1. The van der Waals surface area contributed by atoms with Gasteiger partial charge in [-0.25, -0.2) is 9.97 Å². The fourth-order valence-corrected chi connectivity index (χ4v) is 2.46. The first kappa shape index (κ1) is 12.6. The Morgan fingerprint density at radius 1 is 1.05 bits per heavy atom. The molecule has 0 unspecified atom stereocenters. The summed E-state index contributed by atoms with van der Waals surface area (Å²) < 4.78 is 0. The first-order valence-electron chi connectivity index (χ1n) is 6.82. The van der Waals surface area contributed by atoms with Crippen LogP contribution >= 0.6 is 0 Å². The van der Waals surface area contributed by atoms with Crippen LogP contribution in [0.3, 0.4) is 0 Å². The molecule has 1 aromatic heterocycles. The van der Waals surface area contributed by atoms with Crippen LogP contribution < -0.4 is 5.32 Å². The Morgan fingerprint density at radius 2 is 1.95 bits per heavy atom. The molecule has 1 heterocycles. The highest BCUT2D eigenvalue weighted by molar-refractivity contribution is 5.86. The molecule has 0 aliphatic heterocycles. The molecule has 0 radical (unpaired) electrons. The van der Waals surface area contributed by atoms with E-state index in [-0.39, 0.29) is 0 Å². The number of rotatable bonds is 4. The summed E-state index contributed by atoms with van der Waals surface area (Å²) in [4.78, 5) is 8.07. The number of fused-ring (bicyclic) bond motifs is 1. The normalized spacial score (nSPS) is 10.7. The predicted molar refractivity (Wildman–Crippen MR) is 82.9 cm³/mol. The van der Waals surface area contributed by atoms with Gasteiger partial charge in [0.15, 0.2) is 0 Å². The van der Waals surface area contributed by atoms with Gasteiger partial charge in [0.1, 0.15) is 12.1 Å². The third-order valence-corrected chi connectivity index (χ3v) is 3.59. The van der Waals surface area contributed by atoms with Crippen molar-refractivity contribution in [2.24, 2.45) is 0 Å². The fourth-order valence-electron chi connectivity index (χ4n) is 2.46. The van der Waals surface area contributed by atoms with E-state index in [0.717, 1.165) is 18.8 Å². The maximum atomic E-state index is 4.16. The first-order chi connectivity index (χ1) is 9.84. The second-order valence-corrected chi connectivity index (χ2v) is 4.84. The highest BCUT2D eigenvalue weighted by Crippen LogP contribution is 2.21. The SMILES string of the molecule is Cc1c(CCNc2ccncn2)ccc2ccccc12. The van der Waals surface area contributed by atoms with Gasteiger partial charge >= 0.3 is 0 Å². The van der Waals surface area contributed by atoms with Crippen LogP contribution in [0.15, 0.2) is 55.0 Å². The Morgan fingerprint density at radius 3 is 2.80 bits per heavy atom. The van der Waals surface area contributed by atoms with E-state index < -0.39 is 0 Å². The molecular formula is C17H17N3. The van der Waals surface area contributed by atoms with Gasteiger partial charge in [-0.15, -0.1) is 0 Å². The van der Waals surface area contributed by atoms with E-state index in [1.54, 1.807) is 12.5 Å². The summed E-state index contributed by atoms with van der Waals surface area (Å²) >= 11 is 0. The minimum atomic E-state index is 0.871. The maximum Gasteiger partial charge on any atom is 0.129 e. The zero-order chi connectivity index (χ0) is 13.8. The molecule has 3 heteroatoms. The Hall–Kier alpha value is -2.42. The van der Waals surface area contributed by atoms with Crippen molar-refractivity contribution in [3.63, 3.8) is 0 Å². The van der Waals surface area contributed by atoms with Crippen LogP contribution in [0, 0.1) is 6.92 Å². The number of nitrogens with one attached hydrogen (secondary N) is 1. The number of benzene rings is 2. The van der Waals surface area contributed by atoms with Crippen molar-refractivity contribution in [1.29, 1.82) is 0 Å². The van der Waals surface area contributed by atoms with Gasteiger partial charge in [-0.3, -0.25) is 0 Å². The number of nitrogens with zero attached hydrogens (tertiary/aromatic N) is 2. The van der Waals surface area contributed by atoms with E-state index in [1.165, 1.54) is 21.9 Å². The van der Waals surface area contributed by atoms with E-state index >= 15 is 0 Å². The number of anilines is 1. The standard InChI is InChI=1S/C17H17N3/c1-13-14(6-7-15-4-2-3-5-16(13)15)8-11-19-17-9-10-18-12-20-17/h2-7,9-10,12H,8,11H2,1H3,(H,18,19,20). The second-order valence-electron chi connectivity index (χ2n) is 4.84. The molecule has 100 valence electrons. The average Bonchev–Trinajstić information content (AvgIpc) is 2.51. The Balaban J connectivity index is 1.73. The molecule has 0 saturated carbocycles. The van der Waals surface area contributed by atoms with Gasteiger partial charge in [0.05, 0.1) is 0 Å². The van der Waals surface area contributed by atoms with Crippen molar-refractivity contribution in [2.75, 3.05) is 11.9 Å². The van der Waals surface area contributed by atoms with Crippen molar-refractivity contribution < 1.29 is 0 Å². The van der Waals surface area contributed by atoms with Crippen LogP contribution in [-0.2, 0) is 6.42 Å². The van der Waals surface area contributed by atoms with Crippen molar-refractivity contribution in [1.82, 2.24) is 9.97 Å². The fraction of sp³-hybridized carbons (Fsp3) is 0.176. The van der Waals surface area contributed by atoms with E-state index in [9.17, 15) is 0 Å². The summed E-state index contributed by atoms with van der Waals surface area (Å²) in [7, 11) is 0. The summed E-state index contributed by atoms with van der Waals surface area (Å²) in [5.41, 5.74) is 2.75. The monoisotopic (exact) mass is 263 g/mol. The Bertz CT molecular complexity index is 708. The molecule has 3 nitrogen and oxygen atoms in total.